The molecule has 4 nitrogen and oxygen atoms in total. The van der Waals surface area contributed by atoms with Crippen molar-refractivity contribution in [3.05, 3.63) is 11.7 Å². The van der Waals surface area contributed by atoms with E-state index in [-0.39, 0.29) is 12.0 Å². The van der Waals surface area contributed by atoms with Crippen LogP contribution in [0.25, 0.3) is 0 Å². The Bertz CT molecular complexity index is 330. The van der Waals surface area contributed by atoms with E-state index in [0.717, 1.165) is 43.0 Å². The second-order valence-corrected chi connectivity index (χ2v) is 5.31. The van der Waals surface area contributed by atoms with Gasteiger partial charge in [0.15, 0.2) is 5.82 Å². The lowest BCUT2D eigenvalue weighted by atomic mass is 10.1. The highest BCUT2D eigenvalue weighted by Crippen LogP contribution is 2.33. The average Bonchev–Trinajstić information content (AvgIpc) is 2.87. The second kappa shape index (κ2) is 5.68. The zero-order valence-electron chi connectivity index (χ0n) is 9.56. The molecule has 0 radical (unpaired) electrons. The highest BCUT2D eigenvalue weighted by molar-refractivity contribution is 7.98. The fourth-order valence-electron chi connectivity index (χ4n) is 2.01. The summed E-state index contributed by atoms with van der Waals surface area (Å²) in [6.45, 7) is 2.16. The van der Waals surface area contributed by atoms with Crippen LogP contribution in [0.15, 0.2) is 4.52 Å². The Balaban J connectivity index is 1.91. The summed E-state index contributed by atoms with van der Waals surface area (Å²) in [7, 11) is 0. The molecule has 1 heterocycles. The van der Waals surface area contributed by atoms with Crippen LogP contribution in [0.2, 0.25) is 0 Å². The highest BCUT2D eigenvalue weighted by Gasteiger charge is 2.31. The van der Waals surface area contributed by atoms with Gasteiger partial charge < -0.3 is 9.63 Å². The molecule has 1 N–H and O–H groups in total. The average molecular weight is 242 g/mol. The third-order valence-electron chi connectivity index (χ3n) is 2.86. The van der Waals surface area contributed by atoms with Crippen LogP contribution in [-0.2, 0) is 5.75 Å². The molecule has 2 atom stereocenters. The van der Waals surface area contributed by atoms with Crippen molar-refractivity contribution >= 4 is 11.8 Å². The van der Waals surface area contributed by atoms with Crippen LogP contribution < -0.4 is 0 Å². The fraction of sp³-hybridized carbons (Fsp3) is 0.818. The summed E-state index contributed by atoms with van der Waals surface area (Å²) < 4.78 is 5.22. The molecule has 0 aliphatic heterocycles. The Morgan fingerprint density at radius 2 is 2.38 bits per heavy atom. The zero-order chi connectivity index (χ0) is 11.4. The minimum Gasteiger partial charge on any atom is -0.392 e. The van der Waals surface area contributed by atoms with Gasteiger partial charge in [0.1, 0.15) is 0 Å². The number of hydrogen-bond donors (Lipinski definition) is 1. The number of aliphatic hydroxyl groups is 1. The van der Waals surface area contributed by atoms with Crippen molar-refractivity contribution in [2.24, 2.45) is 0 Å². The number of nitrogens with zero attached hydrogens (tertiary/aromatic N) is 2. The molecule has 1 aliphatic rings. The highest BCUT2D eigenvalue weighted by atomic mass is 32.2. The van der Waals surface area contributed by atoms with E-state index in [4.69, 9.17) is 4.52 Å². The molecule has 0 amide bonds. The van der Waals surface area contributed by atoms with Gasteiger partial charge in [-0.15, -0.1) is 0 Å². The normalized spacial score (nSPS) is 25.1. The third-order valence-corrected chi connectivity index (χ3v) is 4.02. The molecule has 1 saturated carbocycles. The number of aromatic nitrogens is 2. The van der Waals surface area contributed by atoms with Crippen LogP contribution in [0, 0.1) is 0 Å². The fourth-order valence-corrected chi connectivity index (χ4v) is 2.75. The maximum absolute atomic E-state index is 9.73. The Morgan fingerprint density at radius 3 is 3.06 bits per heavy atom. The first-order valence-corrected chi connectivity index (χ1v) is 7.05. The lowest BCUT2D eigenvalue weighted by Gasteiger charge is -2.07. The Labute approximate surface area is 99.8 Å². The molecule has 1 aromatic heterocycles. The van der Waals surface area contributed by atoms with Gasteiger partial charge in [0.25, 0.3) is 0 Å². The molecule has 2 rings (SSSR count). The molecule has 0 bridgehead atoms. The molecule has 1 aromatic rings. The van der Waals surface area contributed by atoms with Gasteiger partial charge >= 0.3 is 0 Å². The van der Waals surface area contributed by atoms with Gasteiger partial charge in [0.2, 0.25) is 5.89 Å². The van der Waals surface area contributed by atoms with Gasteiger partial charge in [-0.1, -0.05) is 12.1 Å². The van der Waals surface area contributed by atoms with E-state index in [0.29, 0.717) is 5.89 Å². The van der Waals surface area contributed by atoms with Gasteiger partial charge in [-0.25, -0.2) is 0 Å². The Hall–Kier alpha value is -0.550. The SMILES string of the molecule is CCCSCc1noc(C2CCCC2O)n1. The summed E-state index contributed by atoms with van der Waals surface area (Å²) >= 11 is 1.82. The molecule has 0 saturated heterocycles. The quantitative estimate of drug-likeness (QED) is 0.803. The summed E-state index contributed by atoms with van der Waals surface area (Å²) in [5.74, 6) is 3.37. The smallest absolute Gasteiger partial charge is 0.232 e. The number of aliphatic hydroxyl groups excluding tert-OH is 1. The van der Waals surface area contributed by atoms with Gasteiger partial charge in [0.05, 0.1) is 17.8 Å². The molecule has 5 heteroatoms. The molecule has 0 aromatic carbocycles. The van der Waals surface area contributed by atoms with Gasteiger partial charge in [-0.2, -0.15) is 16.7 Å². The summed E-state index contributed by atoms with van der Waals surface area (Å²) in [5.41, 5.74) is 0. The Kier molecular flexibility index (Phi) is 4.23. The predicted octanol–water partition coefficient (Wildman–Crippen LogP) is 2.34. The maximum Gasteiger partial charge on any atom is 0.232 e. The molecule has 1 fully saturated rings. The number of thioether (sulfide) groups is 1. The van der Waals surface area contributed by atoms with E-state index in [2.05, 4.69) is 17.1 Å². The van der Waals surface area contributed by atoms with Crippen LogP contribution in [0.4, 0.5) is 0 Å². The van der Waals surface area contributed by atoms with E-state index in [1.165, 1.54) is 0 Å². The van der Waals surface area contributed by atoms with Crippen LogP contribution in [-0.4, -0.2) is 27.1 Å². The van der Waals surface area contributed by atoms with Crippen molar-refractivity contribution in [3.63, 3.8) is 0 Å². The first kappa shape index (κ1) is 11.9. The van der Waals surface area contributed by atoms with Crippen LogP contribution in [0.5, 0.6) is 0 Å². The molecular weight excluding hydrogens is 224 g/mol. The lowest BCUT2D eigenvalue weighted by Crippen LogP contribution is -2.11. The minimum atomic E-state index is -0.295. The van der Waals surface area contributed by atoms with Crippen LogP contribution in [0.3, 0.4) is 0 Å². The molecule has 1 aliphatic carbocycles. The summed E-state index contributed by atoms with van der Waals surface area (Å²) in [5, 5.41) is 13.7. The second-order valence-electron chi connectivity index (χ2n) is 4.21. The Morgan fingerprint density at radius 1 is 1.50 bits per heavy atom. The molecular formula is C11H18N2O2S. The summed E-state index contributed by atoms with van der Waals surface area (Å²) in [4.78, 5) is 4.36. The zero-order valence-corrected chi connectivity index (χ0v) is 10.4. The topological polar surface area (TPSA) is 59.2 Å². The van der Waals surface area contributed by atoms with Crippen molar-refractivity contribution in [1.82, 2.24) is 10.1 Å². The van der Waals surface area contributed by atoms with Crippen LogP contribution >= 0.6 is 11.8 Å². The van der Waals surface area contributed by atoms with Crippen LogP contribution in [0.1, 0.15) is 50.2 Å². The minimum absolute atomic E-state index is 0.0671. The van der Waals surface area contributed by atoms with E-state index >= 15 is 0 Å². The standard InChI is InChI=1S/C11H18N2O2S/c1-2-6-16-7-10-12-11(15-13-10)8-4-3-5-9(8)14/h8-9,14H,2-7H2,1H3. The van der Waals surface area contributed by atoms with E-state index < -0.39 is 0 Å². The van der Waals surface area contributed by atoms with Crippen molar-refractivity contribution < 1.29 is 9.63 Å². The first-order chi connectivity index (χ1) is 7.81. The number of rotatable bonds is 5. The van der Waals surface area contributed by atoms with Gasteiger partial charge in [0, 0.05) is 0 Å². The van der Waals surface area contributed by atoms with Gasteiger partial charge in [-0.3, -0.25) is 0 Å². The summed E-state index contributed by atoms with van der Waals surface area (Å²) in [6.07, 6.45) is 3.74. The third kappa shape index (κ3) is 2.77. The molecule has 16 heavy (non-hydrogen) atoms. The van der Waals surface area contributed by atoms with Crippen molar-refractivity contribution in [2.75, 3.05) is 5.75 Å². The molecule has 2 unspecified atom stereocenters. The van der Waals surface area contributed by atoms with Crippen molar-refractivity contribution in [1.29, 1.82) is 0 Å². The van der Waals surface area contributed by atoms with E-state index in [9.17, 15) is 5.11 Å². The molecule has 0 spiro atoms. The largest absolute Gasteiger partial charge is 0.392 e. The van der Waals surface area contributed by atoms with Crippen molar-refractivity contribution in [2.45, 2.75) is 50.4 Å². The van der Waals surface area contributed by atoms with E-state index in [1.807, 2.05) is 11.8 Å². The number of hydrogen-bond acceptors (Lipinski definition) is 5. The summed E-state index contributed by atoms with van der Waals surface area (Å²) in [6, 6.07) is 0. The monoisotopic (exact) mass is 242 g/mol. The lowest BCUT2D eigenvalue weighted by molar-refractivity contribution is 0.148. The molecule has 90 valence electrons. The first-order valence-electron chi connectivity index (χ1n) is 5.89. The van der Waals surface area contributed by atoms with Crippen molar-refractivity contribution in [3.8, 4) is 0 Å². The van der Waals surface area contributed by atoms with E-state index in [1.54, 1.807) is 0 Å². The maximum atomic E-state index is 9.73. The van der Waals surface area contributed by atoms with Gasteiger partial charge in [-0.05, 0) is 31.4 Å². The predicted molar refractivity (Wildman–Crippen MR) is 63.3 cm³/mol.